The molecule has 0 radical (unpaired) electrons. The highest BCUT2D eigenvalue weighted by Gasteiger charge is 2.32. The van der Waals surface area contributed by atoms with Crippen LogP contribution in [0.25, 0.3) is 17.2 Å². The molecule has 0 amide bonds. The van der Waals surface area contributed by atoms with Crippen LogP contribution in [0.3, 0.4) is 0 Å². The maximum atomic E-state index is 13.2. The quantitative estimate of drug-likeness (QED) is 0.579. The lowest BCUT2D eigenvalue weighted by atomic mass is 10.0. The van der Waals surface area contributed by atoms with Gasteiger partial charge in [0.2, 0.25) is 10.0 Å². The number of hydrogen-bond acceptors (Lipinski definition) is 5. The van der Waals surface area contributed by atoms with Gasteiger partial charge in [0.1, 0.15) is 0 Å². The predicted molar refractivity (Wildman–Crippen MR) is 96.6 cm³/mol. The van der Waals surface area contributed by atoms with E-state index >= 15 is 0 Å². The number of halogens is 3. The lowest BCUT2D eigenvalue weighted by molar-refractivity contribution is -0.138. The molecule has 0 saturated heterocycles. The van der Waals surface area contributed by atoms with Crippen LogP contribution in [-0.4, -0.2) is 33.0 Å². The summed E-state index contributed by atoms with van der Waals surface area (Å²) in [4.78, 5) is 14.8. The Kier molecular flexibility index (Phi) is 6.57. The average Bonchev–Trinajstić information content (AvgIpc) is 2.66. The number of hydrogen-bond donors (Lipinski definition) is 1. The summed E-state index contributed by atoms with van der Waals surface area (Å²) in [5.41, 5.74) is -0.388. The van der Waals surface area contributed by atoms with Gasteiger partial charge in [0.05, 0.1) is 22.8 Å². The van der Waals surface area contributed by atoms with Gasteiger partial charge in [-0.3, -0.25) is 4.98 Å². The Hall–Kier alpha value is -2.72. The molecule has 0 unspecified atom stereocenters. The van der Waals surface area contributed by atoms with Crippen LogP contribution in [-0.2, 0) is 25.7 Å². The van der Waals surface area contributed by atoms with E-state index in [1.807, 2.05) is 4.72 Å². The molecule has 2 rings (SSSR count). The summed E-state index contributed by atoms with van der Waals surface area (Å²) < 4.78 is 70.2. The fraction of sp³-hybridized carbons (Fsp3) is 0.222. The zero-order valence-electron chi connectivity index (χ0n) is 14.9. The smallest absolute Gasteiger partial charge is 0.416 e. The Morgan fingerprint density at radius 3 is 2.46 bits per heavy atom. The van der Waals surface area contributed by atoms with E-state index in [-0.39, 0.29) is 17.7 Å². The van der Waals surface area contributed by atoms with Crippen LogP contribution in [0.1, 0.15) is 18.2 Å². The van der Waals surface area contributed by atoms with Gasteiger partial charge in [0, 0.05) is 17.8 Å². The van der Waals surface area contributed by atoms with E-state index in [9.17, 15) is 26.4 Å². The molecule has 28 heavy (non-hydrogen) atoms. The number of benzene rings is 1. The van der Waals surface area contributed by atoms with E-state index in [0.717, 1.165) is 19.2 Å². The second-order valence-electron chi connectivity index (χ2n) is 5.51. The second kappa shape index (κ2) is 8.53. The van der Waals surface area contributed by atoms with Crippen molar-refractivity contribution in [2.45, 2.75) is 18.0 Å². The summed E-state index contributed by atoms with van der Waals surface area (Å²) >= 11 is 0. The highest BCUT2D eigenvalue weighted by Crippen LogP contribution is 2.34. The highest BCUT2D eigenvalue weighted by molar-refractivity contribution is 7.89. The Morgan fingerprint density at radius 2 is 1.93 bits per heavy atom. The SMILES string of the molecule is CCOC(=O)C=Cc1ccc(-c2cc(C(F)(F)F)cc(S(=O)(=O)NC)c2)cn1. The molecule has 0 aliphatic carbocycles. The first-order chi connectivity index (χ1) is 13.1. The fourth-order valence-corrected chi connectivity index (χ4v) is 3.02. The minimum absolute atomic E-state index is 0.0390. The molecule has 0 spiro atoms. The number of carbonyl (C=O) groups is 1. The number of esters is 1. The zero-order chi connectivity index (χ0) is 20.9. The molecule has 0 bridgehead atoms. The van der Waals surface area contributed by atoms with Gasteiger partial charge in [-0.05, 0) is 49.9 Å². The summed E-state index contributed by atoms with van der Waals surface area (Å²) in [7, 11) is -2.96. The van der Waals surface area contributed by atoms with Crippen molar-refractivity contribution < 1.29 is 31.1 Å². The number of sulfonamides is 1. The van der Waals surface area contributed by atoms with Crippen LogP contribution in [0, 0.1) is 0 Å². The first-order valence-corrected chi connectivity index (χ1v) is 9.52. The molecular formula is C18H17F3N2O4S. The van der Waals surface area contributed by atoms with E-state index in [2.05, 4.69) is 4.98 Å². The van der Waals surface area contributed by atoms with Crippen LogP contribution >= 0.6 is 0 Å². The Morgan fingerprint density at radius 1 is 1.21 bits per heavy atom. The molecule has 1 heterocycles. The predicted octanol–water partition coefficient (Wildman–Crippen LogP) is 3.25. The number of nitrogens with zero attached hydrogens (tertiary/aromatic N) is 1. The number of ether oxygens (including phenoxy) is 1. The molecule has 2 aromatic rings. The van der Waals surface area contributed by atoms with Gasteiger partial charge in [-0.2, -0.15) is 13.2 Å². The van der Waals surface area contributed by atoms with Gasteiger partial charge < -0.3 is 4.74 Å². The third kappa shape index (κ3) is 5.40. The number of carbonyl (C=O) groups excluding carboxylic acids is 1. The van der Waals surface area contributed by atoms with Crippen molar-refractivity contribution in [1.29, 1.82) is 0 Å². The molecule has 0 aliphatic heterocycles. The maximum Gasteiger partial charge on any atom is 0.416 e. The molecule has 10 heteroatoms. The summed E-state index contributed by atoms with van der Waals surface area (Å²) in [5.74, 6) is -0.548. The third-order valence-corrected chi connectivity index (χ3v) is 5.00. The average molecular weight is 414 g/mol. The first-order valence-electron chi connectivity index (χ1n) is 8.04. The van der Waals surface area contributed by atoms with Gasteiger partial charge in [-0.1, -0.05) is 6.07 Å². The maximum absolute atomic E-state index is 13.2. The highest BCUT2D eigenvalue weighted by atomic mass is 32.2. The van der Waals surface area contributed by atoms with Crippen LogP contribution < -0.4 is 4.72 Å². The summed E-state index contributed by atoms with van der Waals surface area (Å²) in [6.45, 7) is 1.89. The molecule has 1 aromatic carbocycles. The number of pyridine rings is 1. The van der Waals surface area contributed by atoms with Crippen molar-refractivity contribution in [1.82, 2.24) is 9.71 Å². The molecule has 0 fully saturated rings. The fourth-order valence-electron chi connectivity index (χ4n) is 2.22. The van der Waals surface area contributed by atoms with Gasteiger partial charge >= 0.3 is 12.1 Å². The van der Waals surface area contributed by atoms with E-state index in [4.69, 9.17) is 4.74 Å². The van der Waals surface area contributed by atoms with Crippen molar-refractivity contribution in [3.8, 4) is 11.1 Å². The van der Waals surface area contributed by atoms with Crippen molar-refractivity contribution in [2.24, 2.45) is 0 Å². The largest absolute Gasteiger partial charge is 0.463 e. The monoisotopic (exact) mass is 414 g/mol. The lowest BCUT2D eigenvalue weighted by Gasteiger charge is -2.12. The van der Waals surface area contributed by atoms with Gasteiger partial charge in [-0.25, -0.2) is 17.9 Å². The lowest BCUT2D eigenvalue weighted by Crippen LogP contribution is -2.19. The molecule has 1 aromatic heterocycles. The van der Waals surface area contributed by atoms with Crippen LogP contribution in [0.4, 0.5) is 13.2 Å². The molecule has 0 aliphatic rings. The Bertz CT molecular complexity index is 985. The van der Waals surface area contributed by atoms with Crippen LogP contribution in [0.5, 0.6) is 0 Å². The van der Waals surface area contributed by atoms with Crippen LogP contribution in [0.15, 0.2) is 47.5 Å². The van der Waals surface area contributed by atoms with Crippen molar-refractivity contribution in [2.75, 3.05) is 13.7 Å². The summed E-state index contributed by atoms with van der Waals surface area (Å²) in [6, 6.07) is 5.51. The zero-order valence-corrected chi connectivity index (χ0v) is 15.8. The van der Waals surface area contributed by atoms with Gasteiger partial charge in [0.15, 0.2) is 0 Å². The topological polar surface area (TPSA) is 85.4 Å². The molecule has 6 nitrogen and oxygen atoms in total. The summed E-state index contributed by atoms with van der Waals surface area (Å²) in [6.07, 6.45) is -0.863. The molecule has 0 saturated carbocycles. The number of aromatic nitrogens is 1. The number of nitrogens with one attached hydrogen (secondary N) is 1. The van der Waals surface area contributed by atoms with Crippen molar-refractivity contribution in [3.63, 3.8) is 0 Å². The van der Waals surface area contributed by atoms with Crippen LogP contribution in [0.2, 0.25) is 0 Å². The summed E-state index contributed by atoms with van der Waals surface area (Å²) in [5, 5.41) is 0. The first kappa shape index (κ1) is 21.6. The van der Waals surface area contributed by atoms with E-state index < -0.39 is 32.6 Å². The molecular weight excluding hydrogens is 397 g/mol. The minimum atomic E-state index is -4.72. The van der Waals surface area contributed by atoms with E-state index in [1.165, 1.54) is 30.5 Å². The third-order valence-electron chi connectivity index (χ3n) is 3.61. The van der Waals surface area contributed by atoms with Crippen molar-refractivity contribution in [3.05, 3.63) is 53.9 Å². The minimum Gasteiger partial charge on any atom is -0.463 e. The second-order valence-corrected chi connectivity index (χ2v) is 7.40. The number of rotatable bonds is 6. The molecule has 150 valence electrons. The molecule has 0 atom stereocenters. The van der Waals surface area contributed by atoms with E-state index in [1.54, 1.807) is 6.92 Å². The molecule has 1 N–H and O–H groups in total. The Labute approximate surface area is 160 Å². The van der Waals surface area contributed by atoms with E-state index in [0.29, 0.717) is 11.8 Å². The van der Waals surface area contributed by atoms with Crippen molar-refractivity contribution >= 4 is 22.1 Å². The standard InChI is InChI=1S/C18H17F3N2O4S/c1-3-27-17(24)7-6-15-5-4-12(11-23-15)13-8-14(18(19,20)21)10-16(9-13)28(25,26)22-2/h4-11,22H,3H2,1-2H3. The normalized spacial score (nSPS) is 12.3. The van der Waals surface area contributed by atoms with Gasteiger partial charge in [0.25, 0.3) is 0 Å². The Balaban J connectivity index is 2.44. The van der Waals surface area contributed by atoms with Gasteiger partial charge in [-0.15, -0.1) is 0 Å². The number of alkyl halides is 3.